The number of hydrogen-bond acceptors (Lipinski definition) is 7. The second-order valence-corrected chi connectivity index (χ2v) is 5.83. The van der Waals surface area contributed by atoms with Gasteiger partial charge in [0.25, 0.3) is 10.0 Å². The molecule has 0 saturated heterocycles. The van der Waals surface area contributed by atoms with Crippen LogP contribution in [0.3, 0.4) is 0 Å². The zero-order chi connectivity index (χ0) is 16.5. The number of aromatic nitrogens is 4. The molecule has 0 amide bonds. The maximum absolute atomic E-state index is 11.9. The van der Waals surface area contributed by atoms with Crippen LogP contribution in [0, 0.1) is 0 Å². The summed E-state index contributed by atoms with van der Waals surface area (Å²) in [7, 11) is -3.66. The molecular weight excluding hydrogens is 339 g/mol. The molecule has 0 aliphatic heterocycles. The van der Waals surface area contributed by atoms with Crippen LogP contribution in [0.25, 0.3) is 0 Å². The van der Waals surface area contributed by atoms with Gasteiger partial charge in [-0.25, -0.2) is 33.1 Å². The number of hydrogen-bond donors (Lipinski definition) is 2. The molecule has 10 heteroatoms. The van der Waals surface area contributed by atoms with Gasteiger partial charge in [-0.3, -0.25) is 0 Å². The first-order chi connectivity index (χ1) is 11.1. The van der Waals surface area contributed by atoms with Crippen molar-refractivity contribution in [3.05, 3.63) is 67.5 Å². The van der Waals surface area contributed by atoms with Gasteiger partial charge >= 0.3 is 29.6 Å². The Morgan fingerprint density at radius 3 is 1.92 bits per heavy atom. The summed E-state index contributed by atoms with van der Waals surface area (Å²) in [6, 6.07) is 9.24. The maximum atomic E-state index is 11.9. The molecule has 0 atom stereocenters. The van der Waals surface area contributed by atoms with Crippen molar-refractivity contribution in [2.45, 2.75) is 4.90 Å². The molecule has 8 nitrogen and oxygen atoms in total. The van der Waals surface area contributed by atoms with E-state index in [4.69, 9.17) is 5.73 Å². The molecule has 2 aromatic heterocycles. The fourth-order valence-corrected chi connectivity index (χ4v) is 2.39. The van der Waals surface area contributed by atoms with Crippen molar-refractivity contribution in [1.29, 1.82) is 0 Å². The van der Waals surface area contributed by atoms with Crippen molar-refractivity contribution in [2.24, 2.45) is 0 Å². The van der Waals surface area contributed by atoms with Crippen molar-refractivity contribution in [1.82, 2.24) is 19.9 Å². The summed E-state index contributed by atoms with van der Waals surface area (Å²) in [6.45, 7) is 0. The van der Waals surface area contributed by atoms with E-state index in [0.717, 1.165) is 0 Å². The molecule has 0 bridgehead atoms. The van der Waals surface area contributed by atoms with Gasteiger partial charge in [-0.15, -0.1) is 0 Å². The van der Waals surface area contributed by atoms with Crippen molar-refractivity contribution in [3.8, 4) is 0 Å². The fourth-order valence-electron chi connectivity index (χ4n) is 1.43. The Labute approximate surface area is 163 Å². The van der Waals surface area contributed by atoms with Crippen molar-refractivity contribution in [2.75, 3.05) is 10.5 Å². The number of benzene rings is 1. The molecule has 0 fully saturated rings. The van der Waals surface area contributed by atoms with Crippen LogP contribution >= 0.6 is 0 Å². The van der Waals surface area contributed by atoms with Crippen molar-refractivity contribution >= 4 is 21.7 Å². The van der Waals surface area contributed by atoms with E-state index in [1.807, 2.05) is 0 Å². The molecule has 0 unspecified atom stereocenters. The van der Waals surface area contributed by atoms with E-state index in [0.29, 0.717) is 5.69 Å². The number of sulfonamides is 1. The SMILES string of the molecule is Nc1ccc(S(=O)(=O)Nc2ncccn2)cc1.[H-].[Na+].c1cncnc1. The molecule has 3 N–H and O–H groups in total. The third kappa shape index (κ3) is 6.59. The van der Waals surface area contributed by atoms with Gasteiger partial charge in [0.15, 0.2) is 0 Å². The second-order valence-electron chi connectivity index (χ2n) is 4.15. The Morgan fingerprint density at radius 1 is 0.917 bits per heavy atom. The smallest absolute Gasteiger partial charge is 1.00 e. The molecular formula is C14H15N6NaO2S. The molecule has 0 spiro atoms. The van der Waals surface area contributed by atoms with E-state index in [2.05, 4.69) is 24.7 Å². The van der Waals surface area contributed by atoms with Crippen molar-refractivity contribution < 1.29 is 39.4 Å². The van der Waals surface area contributed by atoms with E-state index < -0.39 is 10.0 Å². The van der Waals surface area contributed by atoms with Crippen LogP contribution in [-0.2, 0) is 10.0 Å². The minimum atomic E-state index is -3.66. The molecule has 0 aliphatic carbocycles. The van der Waals surface area contributed by atoms with Gasteiger partial charge in [0.2, 0.25) is 5.95 Å². The number of nitrogen functional groups attached to an aromatic ring is 1. The average Bonchev–Trinajstić information content (AvgIpc) is 2.58. The number of nitrogens with two attached hydrogens (primary N) is 1. The Kier molecular flexibility index (Phi) is 8.27. The van der Waals surface area contributed by atoms with Crippen molar-refractivity contribution in [3.63, 3.8) is 0 Å². The van der Waals surface area contributed by atoms with Gasteiger partial charge in [-0.1, -0.05) is 0 Å². The number of nitrogens with zero attached hydrogens (tertiary/aromatic N) is 4. The van der Waals surface area contributed by atoms with Gasteiger partial charge in [0, 0.05) is 30.5 Å². The summed E-state index contributed by atoms with van der Waals surface area (Å²) in [5, 5.41) is 0. The van der Waals surface area contributed by atoms with Gasteiger partial charge in [-0.2, -0.15) is 0 Å². The van der Waals surface area contributed by atoms with Gasteiger partial charge in [0.05, 0.1) is 4.90 Å². The zero-order valence-corrected chi connectivity index (χ0v) is 15.8. The van der Waals surface area contributed by atoms with E-state index in [1.54, 1.807) is 24.5 Å². The van der Waals surface area contributed by atoms with Crippen LogP contribution in [-0.4, -0.2) is 28.4 Å². The summed E-state index contributed by atoms with van der Waals surface area (Å²) < 4.78 is 26.0. The number of rotatable bonds is 3. The molecule has 3 aromatic rings. The van der Waals surface area contributed by atoms with Crippen LogP contribution in [0.1, 0.15) is 1.43 Å². The average molecular weight is 354 g/mol. The van der Waals surface area contributed by atoms with Crippen LogP contribution in [0.4, 0.5) is 11.6 Å². The van der Waals surface area contributed by atoms with Gasteiger partial charge in [0.1, 0.15) is 6.33 Å². The largest absolute Gasteiger partial charge is 1.00 e. The van der Waals surface area contributed by atoms with Crippen LogP contribution in [0.5, 0.6) is 0 Å². The van der Waals surface area contributed by atoms with Gasteiger partial charge in [-0.05, 0) is 36.4 Å². The summed E-state index contributed by atoms with van der Waals surface area (Å²) in [4.78, 5) is 15.0. The summed E-state index contributed by atoms with van der Waals surface area (Å²) in [5.41, 5.74) is 5.98. The third-order valence-electron chi connectivity index (χ3n) is 2.46. The zero-order valence-electron chi connectivity index (χ0n) is 13.9. The predicted molar refractivity (Wildman–Crippen MR) is 86.8 cm³/mol. The molecule has 0 radical (unpaired) electrons. The molecule has 24 heavy (non-hydrogen) atoms. The number of nitrogens with one attached hydrogen (secondary N) is 1. The van der Waals surface area contributed by atoms with Crippen LogP contribution in [0.2, 0.25) is 0 Å². The molecule has 120 valence electrons. The molecule has 0 aliphatic rings. The maximum Gasteiger partial charge on any atom is 1.00 e. The summed E-state index contributed by atoms with van der Waals surface area (Å²) in [5.74, 6) is 0.0318. The Balaban J connectivity index is 0.000000616. The van der Waals surface area contributed by atoms with E-state index in [1.165, 1.54) is 43.0 Å². The normalized spacial score (nSPS) is 9.83. The topological polar surface area (TPSA) is 124 Å². The standard InChI is InChI=1S/C10H10N4O2S.C4H4N2.Na.H/c11-8-2-4-9(5-3-8)17(15,16)14-10-12-6-1-7-13-10;1-2-5-4-6-3-1;;/h1-7H,11H2,(H,12,13,14);1-4H;;/q;;+1;-1. The summed E-state index contributed by atoms with van der Waals surface area (Å²) >= 11 is 0. The summed E-state index contributed by atoms with van der Waals surface area (Å²) in [6.07, 6.45) is 7.78. The van der Waals surface area contributed by atoms with Gasteiger partial charge < -0.3 is 7.16 Å². The molecule has 3 rings (SSSR count). The molecule has 0 saturated carbocycles. The molecule has 2 heterocycles. The third-order valence-corrected chi connectivity index (χ3v) is 3.80. The minimum absolute atomic E-state index is 0. The number of anilines is 2. The van der Waals surface area contributed by atoms with E-state index in [-0.39, 0.29) is 41.8 Å². The Hall–Kier alpha value is -2.07. The predicted octanol–water partition coefficient (Wildman–Crippen LogP) is -1.55. The van der Waals surface area contributed by atoms with E-state index >= 15 is 0 Å². The van der Waals surface area contributed by atoms with Crippen LogP contribution in [0.15, 0.2) is 72.4 Å². The van der Waals surface area contributed by atoms with Crippen LogP contribution < -0.4 is 40.0 Å². The second kappa shape index (κ2) is 9.93. The first kappa shape index (κ1) is 20.0. The first-order valence-electron chi connectivity index (χ1n) is 6.43. The quantitative estimate of drug-likeness (QED) is 0.431. The Morgan fingerprint density at radius 2 is 1.46 bits per heavy atom. The fraction of sp³-hybridized carbons (Fsp3) is 0. The van der Waals surface area contributed by atoms with E-state index in [9.17, 15) is 8.42 Å². The monoisotopic (exact) mass is 354 g/mol. The Bertz CT molecular complexity index is 796. The molecule has 1 aromatic carbocycles. The first-order valence-corrected chi connectivity index (χ1v) is 7.91. The minimum Gasteiger partial charge on any atom is -1.00 e.